The van der Waals surface area contributed by atoms with Crippen LogP contribution in [0.3, 0.4) is 0 Å². The smallest absolute Gasteiger partial charge is 0.163 e. The second-order valence-corrected chi connectivity index (χ2v) is 19.6. The summed E-state index contributed by atoms with van der Waals surface area (Å²) in [6.45, 7) is 11.4. The molecule has 0 amide bonds. The van der Waals surface area contributed by atoms with E-state index in [2.05, 4.69) is 57.3 Å². The summed E-state index contributed by atoms with van der Waals surface area (Å²) in [4.78, 5) is 8.34. The lowest BCUT2D eigenvalue weighted by Gasteiger charge is -2.24. The average molecular weight is 1090 g/mol. The molecule has 6 heterocycles. The van der Waals surface area contributed by atoms with Gasteiger partial charge in [0, 0.05) is 88.4 Å². The summed E-state index contributed by atoms with van der Waals surface area (Å²) >= 11 is 12.4. The zero-order valence-electron chi connectivity index (χ0n) is 37.7. The number of hydrogen-bond acceptors (Lipinski definition) is 18. The van der Waals surface area contributed by atoms with E-state index in [4.69, 9.17) is 71.9 Å². The molecule has 5 aliphatic rings. The number of ether oxygens (including phenoxy) is 6. The van der Waals surface area contributed by atoms with Crippen molar-refractivity contribution in [3.05, 3.63) is 51.0 Å². The summed E-state index contributed by atoms with van der Waals surface area (Å²) in [5, 5.41) is 58.1. The minimum atomic E-state index is -0.864. The molecule has 9 rings (SSSR count). The molecular formula is C41H65Br2Cl2N9O11. The Labute approximate surface area is 406 Å². The summed E-state index contributed by atoms with van der Waals surface area (Å²) in [6, 6.07) is 6.90. The highest BCUT2D eigenvalue weighted by molar-refractivity contribution is 9.10. The monoisotopic (exact) mass is 1090 g/mol. The van der Waals surface area contributed by atoms with Gasteiger partial charge in [-0.05, 0) is 105 Å². The van der Waals surface area contributed by atoms with Gasteiger partial charge in [0.1, 0.15) is 32.4 Å². The van der Waals surface area contributed by atoms with Gasteiger partial charge in [-0.15, -0.1) is 12.4 Å². The first-order valence-electron chi connectivity index (χ1n) is 21.0. The molecule has 3 aliphatic carbocycles. The van der Waals surface area contributed by atoms with Crippen LogP contribution < -0.4 is 16.8 Å². The van der Waals surface area contributed by atoms with E-state index in [9.17, 15) is 5.11 Å². The van der Waals surface area contributed by atoms with Crippen LogP contribution in [0, 0.1) is 17.8 Å². The molecule has 2 aliphatic heterocycles. The van der Waals surface area contributed by atoms with Crippen molar-refractivity contribution < 1.29 is 54.0 Å². The van der Waals surface area contributed by atoms with E-state index < -0.39 is 29.6 Å². The Morgan fingerprint density at radius 2 is 1.20 bits per heavy atom. The lowest BCUT2D eigenvalue weighted by Crippen LogP contribution is -2.35. The van der Waals surface area contributed by atoms with Gasteiger partial charge in [-0.25, -0.2) is 14.5 Å². The third kappa shape index (κ3) is 14.1. The standard InChI is InChI=1S/C15H19BrN4O3.C9H17NO3.C6H3BrClN3.C6H13NO3.C5H12O2.ClH/c1-15(2)22-13-8(7-21)5-9(14(13)23-15)18-11-3-4-17-12-6-10(16)19-20(11)12;1-9(2)12-7-5(4-11)3-6(10)8(7)13-9;7-4-3-6-9-2-1-5(8)11(6)10-4;7-4-1-3(2-8)5(9)6(4)10;1-5(2,6-3)7-4;/h3-4,6,8-9,13-14,18,21H,5,7H2,1-2H3;5-8,11H,3-4,10H2,1-2H3;1-3H;3-6,8-10H,1-2,7H2;1-4H3;1H/t8-,9-,13-,14+;5-,6-,7-,8+;;3-,4?,5-,6+;;/m11.1../s1. The Morgan fingerprint density at radius 3 is 1.68 bits per heavy atom. The van der Waals surface area contributed by atoms with E-state index >= 15 is 0 Å². The SMILES string of the molecule is CC1(C)O[C@@H]2[C@@H](CO)C[C@@H](N)[C@@H]2O1.CC1(C)O[C@@H]2[C@@H](CO)C[C@@H](Nc3ccnc4cc(Br)nn34)[C@@H]2O1.COC(C)(C)OC.Cl.Clc1ccnc2cc(Br)nn12.NC1C[C@H](CO)[C@@H](O)[C@H]1O. The second kappa shape index (κ2) is 23.6. The number of methoxy groups -OCH3 is 2. The van der Waals surface area contributed by atoms with Gasteiger partial charge in [0.25, 0.3) is 0 Å². The first-order chi connectivity index (χ1) is 30.1. The number of aliphatic hydroxyl groups excluding tert-OH is 5. The highest BCUT2D eigenvalue weighted by Gasteiger charge is 2.54. The molecular weight excluding hydrogens is 1030 g/mol. The molecule has 0 radical (unpaired) electrons. The van der Waals surface area contributed by atoms with Gasteiger partial charge < -0.3 is 70.7 Å². The van der Waals surface area contributed by atoms with Crippen molar-refractivity contribution in [3.8, 4) is 0 Å². The fourth-order valence-corrected chi connectivity index (χ4v) is 9.05. The molecule has 3 saturated carbocycles. The zero-order chi connectivity index (χ0) is 47.3. The molecule has 1 unspecified atom stereocenters. The minimum absolute atomic E-state index is 0. The van der Waals surface area contributed by atoms with Crippen molar-refractivity contribution in [3.63, 3.8) is 0 Å². The maximum Gasteiger partial charge on any atom is 0.163 e. The van der Waals surface area contributed by atoms with Crippen molar-refractivity contribution in [2.75, 3.05) is 39.4 Å². The van der Waals surface area contributed by atoms with Crippen LogP contribution in [-0.2, 0) is 28.4 Å². The lowest BCUT2D eigenvalue weighted by atomic mass is 10.1. The van der Waals surface area contributed by atoms with Gasteiger partial charge in [0.2, 0.25) is 0 Å². The van der Waals surface area contributed by atoms with Gasteiger partial charge in [-0.3, -0.25) is 0 Å². The average Bonchev–Trinajstić information content (AvgIpc) is 4.11. The Balaban J connectivity index is 0.000000190. The van der Waals surface area contributed by atoms with Crippen LogP contribution in [0.5, 0.6) is 0 Å². The summed E-state index contributed by atoms with van der Waals surface area (Å²) in [6.07, 6.45) is 3.52. The first kappa shape index (κ1) is 55.7. The first-order valence-corrected chi connectivity index (χ1v) is 23.0. The van der Waals surface area contributed by atoms with Crippen molar-refractivity contribution in [2.24, 2.45) is 29.2 Å². The third-order valence-corrected chi connectivity index (χ3v) is 12.7. The Morgan fingerprint density at radius 1 is 0.738 bits per heavy atom. The van der Waals surface area contributed by atoms with Crippen LogP contribution >= 0.6 is 55.9 Å². The van der Waals surface area contributed by atoms with Crippen molar-refractivity contribution in [2.45, 2.75) is 133 Å². The maximum atomic E-state index is 9.65. The highest BCUT2D eigenvalue weighted by Crippen LogP contribution is 2.43. The number of nitrogens with two attached hydrogens (primary N) is 2. The van der Waals surface area contributed by atoms with Crippen molar-refractivity contribution in [1.82, 2.24) is 29.2 Å². The fourth-order valence-electron chi connectivity index (χ4n) is 8.15. The summed E-state index contributed by atoms with van der Waals surface area (Å²) in [5.74, 6) is -0.768. The number of aliphatic hydroxyl groups is 5. The molecule has 0 bridgehead atoms. The molecule has 2 saturated heterocycles. The predicted molar refractivity (Wildman–Crippen MR) is 250 cm³/mol. The van der Waals surface area contributed by atoms with Crippen LogP contribution in [0.2, 0.25) is 5.15 Å². The topological polar surface area (TPSA) is 281 Å². The van der Waals surface area contributed by atoms with Crippen LogP contribution in [0.1, 0.15) is 60.8 Å². The number of hydrogen-bond donors (Lipinski definition) is 8. The molecule has 5 fully saturated rings. The largest absolute Gasteiger partial charge is 0.396 e. The number of rotatable bonds is 7. The molecule has 0 aromatic carbocycles. The Kier molecular flexibility index (Phi) is 20.2. The molecule has 65 heavy (non-hydrogen) atoms. The van der Waals surface area contributed by atoms with Gasteiger partial charge in [0.15, 0.2) is 28.7 Å². The summed E-state index contributed by atoms with van der Waals surface area (Å²) < 4.78 is 37.9. The van der Waals surface area contributed by atoms with Crippen molar-refractivity contribution in [1.29, 1.82) is 0 Å². The van der Waals surface area contributed by atoms with Gasteiger partial charge >= 0.3 is 0 Å². The van der Waals surface area contributed by atoms with E-state index in [0.717, 1.165) is 39.2 Å². The van der Waals surface area contributed by atoms with Gasteiger partial charge in [0.05, 0.1) is 30.5 Å². The zero-order valence-corrected chi connectivity index (χ0v) is 42.4. The van der Waals surface area contributed by atoms with E-state index in [1.165, 1.54) is 0 Å². The number of aromatic nitrogens is 6. The van der Waals surface area contributed by atoms with Gasteiger partial charge in [-0.2, -0.15) is 14.7 Å². The van der Waals surface area contributed by atoms with Crippen LogP contribution in [0.4, 0.5) is 5.82 Å². The van der Waals surface area contributed by atoms with E-state index in [1.54, 1.807) is 47.8 Å². The second-order valence-electron chi connectivity index (χ2n) is 17.6. The molecule has 4 aromatic rings. The number of halogens is 4. The van der Waals surface area contributed by atoms with Crippen molar-refractivity contribution >= 4 is 73.0 Å². The molecule has 368 valence electrons. The van der Waals surface area contributed by atoms with Crippen LogP contribution in [-0.4, -0.2) is 161 Å². The number of anilines is 1. The summed E-state index contributed by atoms with van der Waals surface area (Å²) in [5.41, 5.74) is 12.8. The number of nitrogens with zero attached hydrogens (tertiary/aromatic N) is 6. The van der Waals surface area contributed by atoms with Crippen LogP contribution in [0.25, 0.3) is 11.3 Å². The summed E-state index contributed by atoms with van der Waals surface area (Å²) in [7, 11) is 3.23. The fraction of sp³-hybridized carbons (Fsp3) is 0.707. The van der Waals surface area contributed by atoms with Gasteiger partial charge in [-0.1, -0.05) is 11.6 Å². The third-order valence-electron chi connectivity index (χ3n) is 11.7. The molecule has 10 N–H and O–H groups in total. The quantitative estimate of drug-likeness (QED) is 0.0974. The molecule has 24 heteroatoms. The Hall–Kier alpha value is -1.94. The van der Waals surface area contributed by atoms with E-state index in [1.807, 2.05) is 53.7 Å². The Bertz CT molecular complexity index is 2100. The maximum absolute atomic E-state index is 9.65. The van der Waals surface area contributed by atoms with E-state index in [0.29, 0.717) is 11.6 Å². The normalized spacial score (nSPS) is 31.5. The molecule has 4 aromatic heterocycles. The lowest BCUT2D eigenvalue weighted by molar-refractivity contribution is -0.178. The number of fused-ring (bicyclic) bond motifs is 4. The van der Waals surface area contributed by atoms with E-state index in [-0.39, 0.29) is 92.5 Å². The molecule has 12 atom stereocenters. The highest BCUT2D eigenvalue weighted by atomic mass is 79.9. The minimum Gasteiger partial charge on any atom is -0.396 e. The number of nitrogens with one attached hydrogen (secondary N) is 1. The molecule has 20 nitrogen and oxygen atoms in total. The molecule has 0 spiro atoms. The predicted octanol–water partition coefficient (Wildman–Crippen LogP) is 3.28. The van der Waals surface area contributed by atoms with Crippen LogP contribution in [0.15, 0.2) is 45.9 Å².